The monoisotopic (exact) mass is 489 g/mol. The highest BCUT2D eigenvalue weighted by molar-refractivity contribution is 9.10. The SMILES string of the molecule is COc1ccc(Br)cc1C1C(C#N)=C(N)N(c2n[nH]c(=S)s2)C2=C1C(=O)CCC2. The molecule has 10 heteroatoms. The van der Waals surface area contributed by atoms with Crippen molar-refractivity contribution in [3.05, 3.63) is 54.9 Å². The zero-order valence-corrected chi connectivity index (χ0v) is 18.6. The fourth-order valence-corrected chi connectivity index (χ4v) is 5.16. The highest BCUT2D eigenvalue weighted by Gasteiger charge is 2.42. The summed E-state index contributed by atoms with van der Waals surface area (Å²) in [4.78, 5) is 14.8. The lowest BCUT2D eigenvalue weighted by Crippen LogP contribution is -2.38. The lowest BCUT2D eigenvalue weighted by Gasteiger charge is -2.38. The van der Waals surface area contributed by atoms with Crippen molar-refractivity contribution in [3.8, 4) is 11.8 Å². The van der Waals surface area contributed by atoms with Gasteiger partial charge in [-0.15, -0.1) is 5.10 Å². The number of nitrogens with one attached hydrogen (secondary N) is 1. The van der Waals surface area contributed by atoms with Crippen LogP contribution in [-0.2, 0) is 4.79 Å². The van der Waals surface area contributed by atoms with E-state index in [1.165, 1.54) is 11.3 Å². The fraction of sp³-hybridized carbons (Fsp3) is 0.263. The molecule has 4 rings (SSSR count). The molecule has 1 aromatic carbocycles. The fourth-order valence-electron chi connectivity index (χ4n) is 3.86. The molecule has 29 heavy (non-hydrogen) atoms. The van der Waals surface area contributed by atoms with Gasteiger partial charge in [0.25, 0.3) is 0 Å². The van der Waals surface area contributed by atoms with E-state index in [1.807, 2.05) is 18.2 Å². The van der Waals surface area contributed by atoms with Crippen LogP contribution in [0.5, 0.6) is 5.75 Å². The standard InChI is InChI=1S/C19H16BrN5O2S2/c1-27-14-6-5-9(20)7-10(14)15-11(8-21)17(22)25(18-23-24-19(28)29-18)12-3-2-4-13(26)16(12)15/h5-7,15H,2-4,22H2,1H3,(H,24,28). The van der Waals surface area contributed by atoms with Crippen molar-refractivity contribution in [1.82, 2.24) is 10.2 Å². The number of halogens is 1. The molecule has 0 fully saturated rings. The van der Waals surface area contributed by atoms with Crippen molar-refractivity contribution in [2.45, 2.75) is 25.2 Å². The third-order valence-electron chi connectivity index (χ3n) is 5.03. The molecular weight excluding hydrogens is 474 g/mol. The first-order valence-electron chi connectivity index (χ1n) is 8.81. The Morgan fingerprint density at radius 3 is 2.93 bits per heavy atom. The number of Topliss-reactive ketones (excluding diaryl/α,β-unsaturated/α-hetero) is 1. The van der Waals surface area contributed by atoms with Gasteiger partial charge in [-0.3, -0.25) is 14.8 Å². The number of hydrogen-bond acceptors (Lipinski definition) is 8. The number of nitrogens with two attached hydrogens (primary N) is 1. The van der Waals surface area contributed by atoms with Gasteiger partial charge in [-0.05, 0) is 43.3 Å². The molecule has 3 N–H and O–H groups in total. The number of H-pyrrole nitrogens is 1. The Labute approximate surface area is 184 Å². The minimum atomic E-state index is -0.599. The molecule has 7 nitrogen and oxygen atoms in total. The number of aromatic nitrogens is 2. The summed E-state index contributed by atoms with van der Waals surface area (Å²) >= 11 is 9.89. The Balaban J connectivity index is 2.02. The Kier molecular flexibility index (Phi) is 5.29. The molecule has 0 saturated carbocycles. The molecule has 1 aliphatic carbocycles. The molecule has 148 valence electrons. The van der Waals surface area contributed by atoms with E-state index in [9.17, 15) is 10.1 Å². The number of rotatable bonds is 3. The van der Waals surface area contributed by atoms with Crippen LogP contribution in [0.25, 0.3) is 0 Å². The average Bonchev–Trinajstić information content (AvgIpc) is 3.13. The topological polar surface area (TPSA) is 108 Å². The number of nitriles is 1. The molecule has 1 aromatic heterocycles. The zero-order chi connectivity index (χ0) is 20.7. The predicted molar refractivity (Wildman–Crippen MR) is 116 cm³/mol. The van der Waals surface area contributed by atoms with Crippen LogP contribution in [0, 0.1) is 15.3 Å². The van der Waals surface area contributed by atoms with Gasteiger partial charge in [-0.25, -0.2) is 0 Å². The molecule has 0 bridgehead atoms. The highest BCUT2D eigenvalue weighted by Crippen LogP contribution is 2.48. The smallest absolute Gasteiger partial charge is 0.216 e. The first-order chi connectivity index (χ1) is 14.0. The van der Waals surface area contributed by atoms with Gasteiger partial charge < -0.3 is 10.5 Å². The average molecular weight is 490 g/mol. The van der Waals surface area contributed by atoms with Crippen LogP contribution in [0.2, 0.25) is 0 Å². The van der Waals surface area contributed by atoms with Crippen LogP contribution in [0.4, 0.5) is 5.13 Å². The number of nitrogens with zero attached hydrogens (tertiary/aromatic N) is 3. The van der Waals surface area contributed by atoms with Gasteiger partial charge in [0.1, 0.15) is 11.6 Å². The summed E-state index contributed by atoms with van der Waals surface area (Å²) < 4.78 is 6.85. The number of hydrogen-bond donors (Lipinski definition) is 2. The van der Waals surface area contributed by atoms with Crippen molar-refractivity contribution < 1.29 is 9.53 Å². The minimum absolute atomic E-state index is 0.00246. The van der Waals surface area contributed by atoms with E-state index in [-0.39, 0.29) is 17.2 Å². The predicted octanol–water partition coefficient (Wildman–Crippen LogP) is 4.28. The second-order valence-electron chi connectivity index (χ2n) is 6.60. The summed E-state index contributed by atoms with van der Waals surface area (Å²) in [6, 6.07) is 7.76. The van der Waals surface area contributed by atoms with Crippen molar-refractivity contribution in [3.63, 3.8) is 0 Å². The molecule has 0 amide bonds. The number of carbonyl (C=O) groups excluding carboxylic acids is 1. The van der Waals surface area contributed by atoms with Gasteiger partial charge in [0.15, 0.2) is 9.74 Å². The summed E-state index contributed by atoms with van der Waals surface area (Å²) in [5, 5.41) is 17.5. The molecule has 1 aliphatic heterocycles. The molecule has 2 heterocycles. The number of anilines is 1. The summed E-state index contributed by atoms with van der Waals surface area (Å²) in [6.07, 6.45) is 1.79. The van der Waals surface area contributed by atoms with Crippen LogP contribution in [0.15, 0.2) is 45.3 Å². The van der Waals surface area contributed by atoms with E-state index >= 15 is 0 Å². The Morgan fingerprint density at radius 1 is 1.48 bits per heavy atom. The molecule has 0 saturated heterocycles. The van der Waals surface area contributed by atoms with Crippen molar-refractivity contribution >= 4 is 50.4 Å². The Morgan fingerprint density at radius 2 is 2.28 bits per heavy atom. The lowest BCUT2D eigenvalue weighted by atomic mass is 9.75. The lowest BCUT2D eigenvalue weighted by molar-refractivity contribution is -0.116. The first-order valence-corrected chi connectivity index (χ1v) is 10.8. The van der Waals surface area contributed by atoms with Gasteiger partial charge in [-0.1, -0.05) is 27.3 Å². The second-order valence-corrected chi connectivity index (χ2v) is 9.16. The third-order valence-corrected chi connectivity index (χ3v) is 6.60. The molecule has 2 aliphatic rings. The Hall–Kier alpha value is -2.48. The number of allylic oxidation sites excluding steroid dienone is 3. The van der Waals surface area contributed by atoms with Crippen LogP contribution < -0.4 is 15.4 Å². The van der Waals surface area contributed by atoms with E-state index in [0.29, 0.717) is 39.7 Å². The van der Waals surface area contributed by atoms with E-state index < -0.39 is 5.92 Å². The van der Waals surface area contributed by atoms with Gasteiger partial charge in [0.05, 0.1) is 24.7 Å². The first kappa shape index (κ1) is 19.8. The molecule has 0 spiro atoms. The van der Waals surface area contributed by atoms with E-state index in [0.717, 1.165) is 15.7 Å². The van der Waals surface area contributed by atoms with Crippen LogP contribution in [0.1, 0.15) is 30.7 Å². The normalized spacial score (nSPS) is 19.3. The molecule has 2 aromatic rings. The third kappa shape index (κ3) is 3.29. The number of ether oxygens (including phenoxy) is 1. The summed E-state index contributed by atoms with van der Waals surface area (Å²) in [5.74, 6) is 0.250. The number of benzene rings is 1. The molecular formula is C19H16BrN5O2S2. The number of methoxy groups -OCH3 is 1. The van der Waals surface area contributed by atoms with Gasteiger partial charge >= 0.3 is 0 Å². The summed E-state index contributed by atoms with van der Waals surface area (Å²) in [5.41, 5.74) is 8.83. The summed E-state index contributed by atoms with van der Waals surface area (Å²) in [7, 11) is 1.56. The number of aromatic amines is 1. The van der Waals surface area contributed by atoms with Crippen LogP contribution >= 0.6 is 39.5 Å². The Bertz CT molecular complexity index is 1170. The van der Waals surface area contributed by atoms with Gasteiger partial charge in [0.2, 0.25) is 5.13 Å². The minimum Gasteiger partial charge on any atom is -0.496 e. The van der Waals surface area contributed by atoms with Crippen LogP contribution in [0.3, 0.4) is 0 Å². The number of ketones is 1. The second kappa shape index (κ2) is 7.74. The summed E-state index contributed by atoms with van der Waals surface area (Å²) in [6.45, 7) is 0. The van der Waals surface area contributed by atoms with E-state index in [4.69, 9.17) is 22.7 Å². The maximum Gasteiger partial charge on any atom is 0.216 e. The van der Waals surface area contributed by atoms with Crippen molar-refractivity contribution in [1.29, 1.82) is 5.26 Å². The van der Waals surface area contributed by atoms with E-state index in [1.54, 1.807) is 12.0 Å². The van der Waals surface area contributed by atoms with E-state index in [2.05, 4.69) is 32.2 Å². The molecule has 1 atom stereocenters. The quantitative estimate of drug-likeness (QED) is 0.619. The zero-order valence-electron chi connectivity index (χ0n) is 15.4. The van der Waals surface area contributed by atoms with Gasteiger partial charge in [-0.2, -0.15) is 5.26 Å². The number of carbonyl (C=O) groups is 1. The van der Waals surface area contributed by atoms with Crippen LogP contribution in [-0.4, -0.2) is 23.1 Å². The van der Waals surface area contributed by atoms with Gasteiger partial charge in [0, 0.05) is 27.7 Å². The maximum absolute atomic E-state index is 13.1. The van der Waals surface area contributed by atoms with Crippen molar-refractivity contribution in [2.75, 3.05) is 12.0 Å². The highest BCUT2D eigenvalue weighted by atomic mass is 79.9. The maximum atomic E-state index is 13.1. The molecule has 1 unspecified atom stereocenters. The largest absolute Gasteiger partial charge is 0.496 e. The van der Waals surface area contributed by atoms with Crippen molar-refractivity contribution in [2.24, 2.45) is 5.73 Å². The molecule has 0 radical (unpaired) electrons.